The molecule has 0 fully saturated rings. The van der Waals surface area contributed by atoms with Crippen molar-refractivity contribution in [1.29, 1.82) is 0 Å². The van der Waals surface area contributed by atoms with Crippen LogP contribution in [0.1, 0.15) is 27.7 Å². The van der Waals surface area contributed by atoms with E-state index >= 15 is 0 Å². The minimum atomic E-state index is -0.603. The van der Waals surface area contributed by atoms with Crippen LogP contribution in [0.3, 0.4) is 0 Å². The second kappa shape index (κ2) is 11.4. The Morgan fingerprint density at radius 3 is 2.66 bits per heavy atom. The Labute approximate surface area is 203 Å². The van der Waals surface area contributed by atoms with E-state index in [1.54, 1.807) is 48.5 Å². The summed E-state index contributed by atoms with van der Waals surface area (Å²) in [6, 6.07) is 15.7. The maximum Gasteiger partial charge on any atom is 0.287 e. The molecule has 164 valence electrons. The third kappa shape index (κ3) is 6.41. The summed E-state index contributed by atoms with van der Waals surface area (Å²) in [5, 5.41) is 18.8. The molecule has 0 atom stereocenters. The number of nitrogens with zero attached hydrogens (tertiary/aromatic N) is 1. The highest BCUT2D eigenvalue weighted by molar-refractivity contribution is 14.1. The molecule has 0 aliphatic rings. The maximum atomic E-state index is 12.8. The predicted octanol–water partition coefficient (Wildman–Crippen LogP) is 4.38. The van der Waals surface area contributed by atoms with Gasteiger partial charge >= 0.3 is 0 Å². The maximum absolute atomic E-state index is 12.8. The smallest absolute Gasteiger partial charge is 0.287 e. The Bertz CT molecular complexity index is 1150. The Morgan fingerprint density at radius 1 is 1.19 bits per heavy atom. The van der Waals surface area contributed by atoms with Crippen LogP contribution in [0.5, 0.6) is 11.5 Å². The SMILES string of the molecule is CCOc1cc(I)cc(/C=N/NC(=O)/C(=C/c2cccs2)NC(=O)c2ccccc2)c1O. The van der Waals surface area contributed by atoms with Gasteiger partial charge in [-0.1, -0.05) is 24.3 Å². The molecule has 0 radical (unpaired) electrons. The monoisotopic (exact) mass is 561 g/mol. The Kier molecular flexibility index (Phi) is 8.40. The molecule has 7 nitrogen and oxygen atoms in total. The summed E-state index contributed by atoms with van der Waals surface area (Å²) in [5.74, 6) is -0.754. The van der Waals surface area contributed by atoms with E-state index < -0.39 is 11.8 Å². The lowest BCUT2D eigenvalue weighted by molar-refractivity contribution is -0.117. The number of aromatic hydroxyl groups is 1. The van der Waals surface area contributed by atoms with Crippen LogP contribution >= 0.6 is 33.9 Å². The molecule has 32 heavy (non-hydrogen) atoms. The molecule has 1 aromatic heterocycles. The van der Waals surface area contributed by atoms with Gasteiger partial charge in [0.1, 0.15) is 5.70 Å². The first-order chi connectivity index (χ1) is 15.5. The van der Waals surface area contributed by atoms with Crippen molar-refractivity contribution in [3.8, 4) is 11.5 Å². The van der Waals surface area contributed by atoms with Crippen molar-refractivity contribution in [1.82, 2.24) is 10.7 Å². The van der Waals surface area contributed by atoms with Crippen molar-refractivity contribution in [2.24, 2.45) is 5.10 Å². The highest BCUT2D eigenvalue weighted by Gasteiger charge is 2.15. The largest absolute Gasteiger partial charge is 0.504 e. The fourth-order valence-electron chi connectivity index (χ4n) is 2.64. The van der Waals surface area contributed by atoms with Crippen LogP contribution in [-0.4, -0.2) is 29.7 Å². The minimum Gasteiger partial charge on any atom is -0.504 e. The second-order valence-corrected chi connectivity index (χ2v) is 8.59. The third-order valence-corrected chi connectivity index (χ3v) is 5.54. The molecule has 3 rings (SSSR count). The highest BCUT2D eigenvalue weighted by atomic mass is 127. The number of hydrogen-bond donors (Lipinski definition) is 3. The van der Waals surface area contributed by atoms with Gasteiger partial charge in [0.15, 0.2) is 11.5 Å². The molecule has 2 aromatic carbocycles. The van der Waals surface area contributed by atoms with Crippen LogP contribution in [0.2, 0.25) is 0 Å². The molecular weight excluding hydrogens is 541 g/mol. The summed E-state index contributed by atoms with van der Waals surface area (Å²) in [6.07, 6.45) is 2.90. The first-order valence-corrected chi connectivity index (χ1v) is 11.5. The number of ether oxygens (including phenoxy) is 1. The van der Waals surface area contributed by atoms with Crippen LogP contribution in [0, 0.1) is 3.57 Å². The highest BCUT2D eigenvalue weighted by Crippen LogP contribution is 2.31. The number of phenolic OH excluding ortho intramolecular Hbond substituents is 1. The fourth-order valence-corrected chi connectivity index (χ4v) is 3.91. The van der Waals surface area contributed by atoms with Crippen molar-refractivity contribution in [3.05, 3.63) is 85.2 Å². The van der Waals surface area contributed by atoms with E-state index in [0.717, 1.165) is 8.45 Å². The number of hydrogen-bond acceptors (Lipinski definition) is 6. The number of hydrazone groups is 1. The third-order valence-electron chi connectivity index (χ3n) is 4.10. The van der Waals surface area contributed by atoms with Gasteiger partial charge in [0.25, 0.3) is 11.8 Å². The van der Waals surface area contributed by atoms with Crippen LogP contribution in [0.4, 0.5) is 0 Å². The molecular formula is C23H20IN3O4S. The second-order valence-electron chi connectivity index (χ2n) is 6.37. The molecule has 0 aliphatic carbocycles. The predicted molar refractivity (Wildman–Crippen MR) is 134 cm³/mol. The van der Waals surface area contributed by atoms with Crippen LogP contribution in [0.15, 0.2) is 70.8 Å². The van der Waals surface area contributed by atoms with E-state index in [1.807, 2.05) is 24.4 Å². The summed E-state index contributed by atoms with van der Waals surface area (Å²) < 4.78 is 6.25. The minimum absolute atomic E-state index is 0.0420. The number of benzene rings is 2. The van der Waals surface area contributed by atoms with E-state index in [-0.39, 0.29) is 11.4 Å². The molecule has 3 N–H and O–H groups in total. The van der Waals surface area contributed by atoms with Gasteiger partial charge in [-0.05, 0) is 71.3 Å². The van der Waals surface area contributed by atoms with Gasteiger partial charge < -0.3 is 15.2 Å². The lowest BCUT2D eigenvalue weighted by Gasteiger charge is -2.10. The molecule has 9 heteroatoms. The zero-order chi connectivity index (χ0) is 22.9. The normalized spacial score (nSPS) is 11.4. The quantitative estimate of drug-likeness (QED) is 0.165. The van der Waals surface area contributed by atoms with Crippen LogP contribution < -0.4 is 15.5 Å². The van der Waals surface area contributed by atoms with Gasteiger partial charge in [0, 0.05) is 19.6 Å². The summed E-state index contributed by atoms with van der Waals surface area (Å²) in [6.45, 7) is 2.22. The summed E-state index contributed by atoms with van der Waals surface area (Å²) in [5.41, 5.74) is 3.25. The van der Waals surface area contributed by atoms with Gasteiger partial charge in [-0.25, -0.2) is 5.43 Å². The average Bonchev–Trinajstić information content (AvgIpc) is 3.30. The van der Waals surface area contributed by atoms with Crippen molar-refractivity contribution in [2.75, 3.05) is 6.61 Å². The number of carbonyl (C=O) groups excluding carboxylic acids is 2. The number of phenols is 1. The zero-order valence-corrected chi connectivity index (χ0v) is 20.0. The number of carbonyl (C=O) groups is 2. The molecule has 0 spiro atoms. The van der Waals surface area contributed by atoms with Gasteiger partial charge in [-0.3, -0.25) is 9.59 Å². The van der Waals surface area contributed by atoms with E-state index in [4.69, 9.17) is 4.74 Å². The van der Waals surface area contributed by atoms with E-state index in [1.165, 1.54) is 17.6 Å². The molecule has 2 amide bonds. The Morgan fingerprint density at radius 2 is 1.97 bits per heavy atom. The Hall–Kier alpha value is -3.18. The summed E-state index contributed by atoms with van der Waals surface area (Å²) in [7, 11) is 0. The first-order valence-electron chi connectivity index (χ1n) is 9.58. The lowest BCUT2D eigenvalue weighted by Crippen LogP contribution is -2.32. The number of thiophene rings is 1. The van der Waals surface area contributed by atoms with Gasteiger partial charge in [-0.2, -0.15) is 5.10 Å². The lowest BCUT2D eigenvalue weighted by atomic mass is 10.2. The molecule has 1 heterocycles. The van der Waals surface area contributed by atoms with Crippen LogP contribution in [0.25, 0.3) is 6.08 Å². The Balaban J connectivity index is 1.78. The van der Waals surface area contributed by atoms with E-state index in [2.05, 4.69) is 38.4 Å². The molecule has 0 unspecified atom stereocenters. The molecule has 3 aromatic rings. The van der Waals surface area contributed by atoms with Crippen molar-refractivity contribution >= 4 is 58.0 Å². The fraction of sp³-hybridized carbons (Fsp3) is 0.0870. The number of amides is 2. The van der Waals surface area contributed by atoms with Crippen molar-refractivity contribution in [3.63, 3.8) is 0 Å². The molecule has 0 saturated heterocycles. The van der Waals surface area contributed by atoms with E-state index in [0.29, 0.717) is 23.5 Å². The number of halogens is 1. The number of rotatable bonds is 8. The standard InChI is InChI=1S/C23H20IN3O4S/c1-2-31-20-12-17(24)11-16(21(20)28)14-25-27-23(30)19(13-18-9-6-10-32-18)26-22(29)15-7-4-3-5-8-15/h3-14,28H,2H2,1H3,(H,26,29)(H,27,30)/b19-13-,25-14+. The zero-order valence-electron chi connectivity index (χ0n) is 17.0. The topological polar surface area (TPSA) is 100 Å². The van der Waals surface area contributed by atoms with Gasteiger partial charge in [0.05, 0.1) is 12.8 Å². The van der Waals surface area contributed by atoms with E-state index in [9.17, 15) is 14.7 Å². The van der Waals surface area contributed by atoms with Crippen molar-refractivity contribution in [2.45, 2.75) is 6.92 Å². The summed E-state index contributed by atoms with van der Waals surface area (Å²) >= 11 is 3.53. The first kappa shape index (κ1) is 23.5. The van der Waals surface area contributed by atoms with Crippen molar-refractivity contribution < 1.29 is 19.4 Å². The molecule has 0 saturated carbocycles. The van der Waals surface area contributed by atoms with Crippen LogP contribution in [-0.2, 0) is 4.79 Å². The molecule has 0 aliphatic heterocycles. The van der Waals surface area contributed by atoms with Gasteiger partial charge in [-0.15, -0.1) is 11.3 Å². The molecule has 0 bridgehead atoms. The summed E-state index contributed by atoms with van der Waals surface area (Å²) in [4.78, 5) is 26.1. The van der Waals surface area contributed by atoms with Gasteiger partial charge in [0.2, 0.25) is 0 Å². The number of nitrogens with one attached hydrogen (secondary N) is 2. The average molecular weight is 561 g/mol.